The summed E-state index contributed by atoms with van der Waals surface area (Å²) in [6.07, 6.45) is 3.10. The molecule has 5 heteroatoms. The first-order valence-corrected chi connectivity index (χ1v) is 6.08. The van der Waals surface area contributed by atoms with Gasteiger partial charge in [-0.3, -0.25) is 4.98 Å². The molecular formula is C14H13ClN2O2. The summed E-state index contributed by atoms with van der Waals surface area (Å²) in [6.45, 7) is 1.90. The Balaban J connectivity index is 2.13. The molecule has 1 aromatic carbocycles. The first kappa shape index (κ1) is 13.4. The third kappa shape index (κ3) is 3.03. The zero-order valence-corrected chi connectivity index (χ0v) is 11.1. The van der Waals surface area contributed by atoms with Crippen molar-refractivity contribution in [2.24, 2.45) is 0 Å². The Morgan fingerprint density at radius 1 is 1.42 bits per heavy atom. The highest BCUT2D eigenvalue weighted by Crippen LogP contribution is 2.19. The highest BCUT2D eigenvalue weighted by molar-refractivity contribution is 6.31. The molecule has 0 radical (unpaired) electrons. The van der Waals surface area contributed by atoms with Crippen molar-refractivity contribution in [3.63, 3.8) is 0 Å². The average Bonchev–Trinajstić information content (AvgIpc) is 2.37. The summed E-state index contributed by atoms with van der Waals surface area (Å²) in [6, 6.07) is 6.98. The van der Waals surface area contributed by atoms with E-state index >= 15 is 0 Å². The number of rotatable bonds is 3. The molecule has 0 spiro atoms. The smallest absolute Gasteiger partial charge is 0.340 e. The number of nitrogens with two attached hydrogens (primary N) is 1. The number of aryl methyl sites for hydroxylation is 1. The van der Waals surface area contributed by atoms with Gasteiger partial charge in [-0.25, -0.2) is 4.79 Å². The second-order valence-corrected chi connectivity index (χ2v) is 4.49. The number of ether oxygens (including phenoxy) is 1. The maximum absolute atomic E-state index is 12.0. The molecule has 0 saturated heterocycles. The number of carbonyl (C=O) groups is 1. The maximum atomic E-state index is 12.0. The van der Waals surface area contributed by atoms with E-state index in [-0.39, 0.29) is 6.61 Å². The van der Waals surface area contributed by atoms with Gasteiger partial charge < -0.3 is 10.5 Å². The van der Waals surface area contributed by atoms with E-state index in [4.69, 9.17) is 22.1 Å². The van der Waals surface area contributed by atoms with Gasteiger partial charge in [-0.05, 0) is 24.6 Å². The fraction of sp³-hybridized carbons (Fsp3) is 0.143. The van der Waals surface area contributed by atoms with Crippen LogP contribution in [0.15, 0.2) is 36.7 Å². The van der Waals surface area contributed by atoms with Crippen molar-refractivity contribution in [1.82, 2.24) is 4.98 Å². The lowest BCUT2D eigenvalue weighted by Gasteiger charge is -2.10. The third-order valence-electron chi connectivity index (χ3n) is 2.72. The lowest BCUT2D eigenvalue weighted by Crippen LogP contribution is -2.10. The zero-order chi connectivity index (χ0) is 13.8. The van der Waals surface area contributed by atoms with E-state index in [1.54, 1.807) is 24.4 Å². The molecule has 98 valence electrons. The quantitative estimate of drug-likeness (QED) is 0.691. The average molecular weight is 277 g/mol. The minimum Gasteiger partial charge on any atom is -0.457 e. The van der Waals surface area contributed by atoms with Crippen LogP contribution in [-0.4, -0.2) is 11.0 Å². The maximum Gasteiger partial charge on any atom is 0.340 e. The highest BCUT2D eigenvalue weighted by Gasteiger charge is 2.14. The molecule has 0 unspecified atom stereocenters. The molecule has 0 aliphatic carbocycles. The first-order chi connectivity index (χ1) is 9.09. The van der Waals surface area contributed by atoms with Gasteiger partial charge in [0.2, 0.25) is 0 Å². The number of anilines is 1. The van der Waals surface area contributed by atoms with E-state index < -0.39 is 5.97 Å². The van der Waals surface area contributed by atoms with Gasteiger partial charge in [0.25, 0.3) is 0 Å². The van der Waals surface area contributed by atoms with Crippen LogP contribution in [0.25, 0.3) is 0 Å². The molecule has 0 fully saturated rings. The minimum atomic E-state index is -0.455. The van der Waals surface area contributed by atoms with Gasteiger partial charge in [-0.15, -0.1) is 0 Å². The standard InChI is InChI=1S/C14H13ClN2O2/c1-9-3-2-4-12(16)13(9)14(18)19-8-10-5-6-17-7-11(10)15/h2-7H,8,16H2,1H3. The molecule has 0 bridgehead atoms. The van der Waals surface area contributed by atoms with Crippen LogP contribution >= 0.6 is 11.6 Å². The summed E-state index contributed by atoms with van der Waals surface area (Å²) in [5.41, 5.74) is 8.08. The van der Waals surface area contributed by atoms with Gasteiger partial charge in [0.1, 0.15) is 6.61 Å². The monoisotopic (exact) mass is 276 g/mol. The van der Waals surface area contributed by atoms with E-state index in [0.717, 1.165) is 5.56 Å². The Bertz CT molecular complexity index is 594. The van der Waals surface area contributed by atoms with Crippen molar-refractivity contribution in [1.29, 1.82) is 0 Å². The second-order valence-electron chi connectivity index (χ2n) is 4.08. The molecular weight excluding hydrogens is 264 g/mol. The van der Waals surface area contributed by atoms with E-state index in [1.165, 1.54) is 6.20 Å². The Morgan fingerprint density at radius 2 is 2.21 bits per heavy atom. The molecule has 2 rings (SSSR count). The predicted octanol–water partition coefficient (Wildman–Crippen LogP) is 2.98. The third-order valence-corrected chi connectivity index (χ3v) is 3.06. The molecule has 2 N–H and O–H groups in total. The van der Waals surface area contributed by atoms with Gasteiger partial charge in [-0.2, -0.15) is 0 Å². The molecule has 2 aromatic rings. The van der Waals surface area contributed by atoms with Crippen LogP contribution in [0.5, 0.6) is 0 Å². The van der Waals surface area contributed by atoms with Crippen LogP contribution in [0.2, 0.25) is 5.02 Å². The summed E-state index contributed by atoms with van der Waals surface area (Å²) in [7, 11) is 0. The number of halogens is 1. The number of hydrogen-bond acceptors (Lipinski definition) is 4. The van der Waals surface area contributed by atoms with Crippen molar-refractivity contribution < 1.29 is 9.53 Å². The molecule has 0 aliphatic heterocycles. The highest BCUT2D eigenvalue weighted by atomic mass is 35.5. The number of carbonyl (C=O) groups excluding carboxylic acids is 1. The van der Waals surface area contributed by atoms with Crippen LogP contribution < -0.4 is 5.73 Å². The van der Waals surface area contributed by atoms with E-state index in [2.05, 4.69) is 4.98 Å². The van der Waals surface area contributed by atoms with Gasteiger partial charge in [0.15, 0.2) is 0 Å². The lowest BCUT2D eigenvalue weighted by molar-refractivity contribution is 0.0473. The number of hydrogen-bond donors (Lipinski definition) is 1. The van der Waals surface area contributed by atoms with Crippen molar-refractivity contribution >= 4 is 23.3 Å². The number of nitrogens with zero attached hydrogens (tertiary/aromatic N) is 1. The largest absolute Gasteiger partial charge is 0.457 e. The molecule has 1 heterocycles. The summed E-state index contributed by atoms with van der Waals surface area (Å²) in [5.74, 6) is -0.455. The zero-order valence-electron chi connectivity index (χ0n) is 10.4. The molecule has 0 saturated carbocycles. The minimum absolute atomic E-state index is 0.0912. The Morgan fingerprint density at radius 3 is 2.89 bits per heavy atom. The van der Waals surface area contributed by atoms with Crippen molar-refractivity contribution in [2.45, 2.75) is 13.5 Å². The summed E-state index contributed by atoms with van der Waals surface area (Å²) in [5, 5.41) is 0.466. The number of nitrogen functional groups attached to an aromatic ring is 1. The molecule has 0 atom stereocenters. The van der Waals surface area contributed by atoms with Gasteiger partial charge in [0.05, 0.1) is 10.6 Å². The van der Waals surface area contributed by atoms with E-state index in [1.807, 2.05) is 13.0 Å². The number of pyridine rings is 1. The number of benzene rings is 1. The first-order valence-electron chi connectivity index (χ1n) is 5.70. The van der Waals surface area contributed by atoms with Crippen LogP contribution in [0.4, 0.5) is 5.69 Å². The van der Waals surface area contributed by atoms with Crippen molar-refractivity contribution in [2.75, 3.05) is 5.73 Å². The van der Waals surface area contributed by atoms with Crippen LogP contribution in [0, 0.1) is 6.92 Å². The van der Waals surface area contributed by atoms with Crippen molar-refractivity contribution in [3.8, 4) is 0 Å². The molecule has 4 nitrogen and oxygen atoms in total. The molecule has 0 aliphatic rings. The second kappa shape index (κ2) is 5.71. The predicted molar refractivity (Wildman–Crippen MR) is 74.0 cm³/mol. The molecule has 0 amide bonds. The van der Waals surface area contributed by atoms with Gasteiger partial charge in [0, 0.05) is 23.6 Å². The van der Waals surface area contributed by atoms with E-state index in [0.29, 0.717) is 21.8 Å². The topological polar surface area (TPSA) is 65.2 Å². The van der Waals surface area contributed by atoms with Crippen LogP contribution in [0.3, 0.4) is 0 Å². The van der Waals surface area contributed by atoms with E-state index in [9.17, 15) is 4.79 Å². The normalized spacial score (nSPS) is 10.2. The van der Waals surface area contributed by atoms with Crippen LogP contribution in [0.1, 0.15) is 21.5 Å². The van der Waals surface area contributed by atoms with Crippen LogP contribution in [-0.2, 0) is 11.3 Å². The Labute approximate surface area is 116 Å². The summed E-state index contributed by atoms with van der Waals surface area (Å²) < 4.78 is 5.23. The lowest BCUT2D eigenvalue weighted by atomic mass is 10.1. The van der Waals surface area contributed by atoms with Gasteiger partial charge in [-0.1, -0.05) is 23.7 Å². The fourth-order valence-electron chi connectivity index (χ4n) is 1.71. The number of aromatic nitrogens is 1. The SMILES string of the molecule is Cc1cccc(N)c1C(=O)OCc1ccncc1Cl. The Kier molecular flexibility index (Phi) is 4.02. The number of esters is 1. The summed E-state index contributed by atoms with van der Waals surface area (Å²) >= 11 is 5.94. The molecule has 1 aromatic heterocycles. The fourth-order valence-corrected chi connectivity index (χ4v) is 1.88. The molecule has 19 heavy (non-hydrogen) atoms. The van der Waals surface area contributed by atoms with Crippen molar-refractivity contribution in [3.05, 3.63) is 58.4 Å². The Hall–Kier alpha value is -2.07. The summed E-state index contributed by atoms with van der Waals surface area (Å²) in [4.78, 5) is 15.9. The van der Waals surface area contributed by atoms with Gasteiger partial charge >= 0.3 is 5.97 Å².